The normalized spacial score (nSPS) is 15.2. The molecule has 0 amide bonds. The lowest BCUT2D eigenvalue weighted by Gasteiger charge is -2.40. The summed E-state index contributed by atoms with van der Waals surface area (Å²) in [6, 6.07) is 94.0. The topological polar surface area (TPSA) is 12.5 Å². The second-order valence-electron chi connectivity index (χ2n) is 21.8. The van der Waals surface area contributed by atoms with Crippen molar-refractivity contribution >= 4 is 38.6 Å². The predicted molar refractivity (Wildman–Crippen MR) is 307 cm³/mol. The van der Waals surface area contributed by atoms with Crippen LogP contribution in [0.15, 0.2) is 249 Å². The van der Waals surface area contributed by atoms with Crippen molar-refractivity contribution < 1.29 is 4.74 Å². The summed E-state index contributed by atoms with van der Waals surface area (Å²) in [4.78, 5) is 2.60. The number of anilines is 3. The summed E-state index contributed by atoms with van der Waals surface area (Å²) in [5.74, 6) is 1.84. The fourth-order valence-corrected chi connectivity index (χ4v) is 15.1. The van der Waals surface area contributed by atoms with E-state index < -0.39 is 10.8 Å². The molecule has 1 aliphatic heterocycles. The molecular weight excluding hydrogens is 907 g/mol. The Kier molecular flexibility index (Phi) is 7.97. The van der Waals surface area contributed by atoms with Crippen LogP contribution >= 0.6 is 0 Å². The maximum atomic E-state index is 7.40. The molecule has 2 nitrogen and oxygen atoms in total. The van der Waals surface area contributed by atoms with Gasteiger partial charge in [0.25, 0.3) is 0 Å². The number of rotatable bonds is 3. The van der Waals surface area contributed by atoms with Crippen molar-refractivity contribution in [1.29, 1.82) is 0 Å². The lowest BCUT2D eigenvalue weighted by Crippen LogP contribution is -2.32. The van der Waals surface area contributed by atoms with Crippen molar-refractivity contribution in [3.05, 3.63) is 304 Å². The van der Waals surface area contributed by atoms with Gasteiger partial charge in [-0.05, 0) is 125 Å². The summed E-state index contributed by atoms with van der Waals surface area (Å²) in [5.41, 5.74) is 25.1. The highest BCUT2D eigenvalue weighted by Gasteiger charge is 2.54. The third kappa shape index (κ3) is 5.00. The van der Waals surface area contributed by atoms with Gasteiger partial charge < -0.3 is 9.64 Å². The Labute approximate surface area is 436 Å². The van der Waals surface area contributed by atoms with E-state index in [1.165, 1.54) is 89.0 Å². The smallest absolute Gasteiger partial charge is 0.140 e. The van der Waals surface area contributed by atoms with Crippen LogP contribution in [0.3, 0.4) is 0 Å². The second-order valence-corrected chi connectivity index (χ2v) is 21.8. The van der Waals surface area contributed by atoms with Crippen molar-refractivity contribution in [1.82, 2.24) is 0 Å². The molecule has 12 aromatic carbocycles. The Morgan fingerprint density at radius 3 is 1.17 bits per heavy atom. The molecule has 0 saturated carbocycles. The van der Waals surface area contributed by atoms with Crippen LogP contribution in [0.5, 0.6) is 11.5 Å². The van der Waals surface area contributed by atoms with E-state index in [1.807, 2.05) is 0 Å². The van der Waals surface area contributed by atoms with Crippen molar-refractivity contribution in [2.24, 2.45) is 0 Å². The van der Waals surface area contributed by atoms with Gasteiger partial charge in [0.1, 0.15) is 11.5 Å². The molecule has 350 valence electrons. The first-order valence-electron chi connectivity index (χ1n) is 26.4. The summed E-state index contributed by atoms with van der Waals surface area (Å²) >= 11 is 0. The van der Waals surface area contributed by atoms with Crippen LogP contribution in [-0.2, 0) is 16.2 Å². The molecule has 0 saturated heterocycles. The monoisotopic (exact) mass is 953 g/mol. The van der Waals surface area contributed by atoms with E-state index in [4.69, 9.17) is 4.74 Å². The van der Waals surface area contributed by atoms with E-state index in [0.29, 0.717) is 0 Å². The van der Waals surface area contributed by atoms with Crippen LogP contribution in [0.4, 0.5) is 17.1 Å². The van der Waals surface area contributed by atoms with Gasteiger partial charge in [0.15, 0.2) is 0 Å². The van der Waals surface area contributed by atoms with Crippen LogP contribution in [0.2, 0.25) is 0 Å². The molecule has 5 aliphatic rings. The average molecular weight is 954 g/mol. The molecule has 17 rings (SSSR count). The van der Waals surface area contributed by atoms with Crippen LogP contribution in [-0.4, -0.2) is 0 Å². The average Bonchev–Trinajstić information content (AvgIpc) is 4.33. The van der Waals surface area contributed by atoms with Crippen molar-refractivity contribution in [3.8, 4) is 56.0 Å². The van der Waals surface area contributed by atoms with Gasteiger partial charge in [-0.15, -0.1) is 0 Å². The highest BCUT2D eigenvalue weighted by atomic mass is 16.5. The van der Waals surface area contributed by atoms with Gasteiger partial charge in [0, 0.05) is 44.3 Å². The molecule has 75 heavy (non-hydrogen) atoms. The first kappa shape index (κ1) is 41.3. The third-order valence-electron chi connectivity index (χ3n) is 18.1. The van der Waals surface area contributed by atoms with Crippen LogP contribution < -0.4 is 9.64 Å². The number of nitrogens with zero attached hydrogens (tertiary/aromatic N) is 1. The van der Waals surface area contributed by atoms with Crippen LogP contribution in [0.25, 0.3) is 66.1 Å². The standard InChI is InChI=1S/C73H47NO/c1-71(2)57-27-12-11-26-56(57)68-62(71)32-17-33-67(68)74(46-36-38-54-52-24-9-15-30-60(52)72(65(54)42-46)58-28-13-7-22-50(58)51-23-8-14-29-59(51)72)47-37-39-55-53-25-10-16-31-61(53)73(66(55)43-47)63-40-34-44-18-3-5-20-48(44)69(63)75-70-49-21-6-4-19-45(49)35-41-64(70)73/h3-43H,1-2H3. The maximum Gasteiger partial charge on any atom is 0.140 e. The highest BCUT2D eigenvalue weighted by Crippen LogP contribution is 2.67. The van der Waals surface area contributed by atoms with Crippen molar-refractivity contribution in [2.45, 2.75) is 30.1 Å². The minimum Gasteiger partial charge on any atom is -0.455 e. The first-order chi connectivity index (χ1) is 37.0. The Bertz CT molecular complexity index is 4370. The molecule has 0 aromatic heterocycles. The van der Waals surface area contributed by atoms with Gasteiger partial charge in [0.2, 0.25) is 0 Å². The van der Waals surface area contributed by atoms with Crippen molar-refractivity contribution in [3.63, 3.8) is 0 Å². The SMILES string of the molecule is CC1(C)c2ccccc2-c2c(N(c3ccc4c(c3)C3(c5ccccc5-c5ccccc53)c3ccccc3-4)c3ccc4c(c3)C3(c5ccccc5-4)c4ccc5ccccc5c4Oc4c3ccc3ccccc43)cccc21. The summed E-state index contributed by atoms with van der Waals surface area (Å²) < 4.78 is 7.40. The zero-order valence-electron chi connectivity index (χ0n) is 41.5. The van der Waals surface area contributed by atoms with Gasteiger partial charge >= 0.3 is 0 Å². The molecule has 12 aromatic rings. The Balaban J connectivity index is 0.986. The third-order valence-corrected chi connectivity index (χ3v) is 18.1. The van der Waals surface area contributed by atoms with Crippen molar-refractivity contribution in [2.75, 3.05) is 4.90 Å². The zero-order valence-corrected chi connectivity index (χ0v) is 41.5. The quantitative estimate of drug-likeness (QED) is 0.175. The molecule has 0 bridgehead atoms. The minimum absolute atomic E-state index is 0.195. The molecular formula is C73H47NO. The molecule has 0 N–H and O–H groups in total. The molecule has 0 unspecified atom stereocenters. The molecule has 4 aliphatic carbocycles. The van der Waals surface area contributed by atoms with E-state index >= 15 is 0 Å². The molecule has 0 fully saturated rings. The fourth-order valence-electron chi connectivity index (χ4n) is 15.1. The van der Waals surface area contributed by atoms with E-state index in [-0.39, 0.29) is 5.41 Å². The highest BCUT2D eigenvalue weighted by molar-refractivity contribution is 6.03. The van der Waals surface area contributed by atoms with E-state index in [2.05, 4.69) is 267 Å². The summed E-state index contributed by atoms with van der Waals surface area (Å²) in [6.45, 7) is 4.78. The second kappa shape index (κ2) is 14.5. The molecule has 1 heterocycles. The van der Waals surface area contributed by atoms with Gasteiger partial charge in [-0.1, -0.05) is 232 Å². The van der Waals surface area contributed by atoms with E-state index in [1.54, 1.807) is 0 Å². The lowest BCUT2D eigenvalue weighted by atomic mass is 9.65. The Hall–Kier alpha value is -9.24. The minimum atomic E-state index is -0.710. The largest absolute Gasteiger partial charge is 0.455 e. The zero-order chi connectivity index (χ0) is 49.4. The number of ether oxygens (including phenoxy) is 1. The van der Waals surface area contributed by atoms with Gasteiger partial charge in [-0.2, -0.15) is 0 Å². The Morgan fingerprint density at radius 1 is 0.293 bits per heavy atom. The number of hydrogen-bond donors (Lipinski definition) is 0. The number of hydrogen-bond acceptors (Lipinski definition) is 2. The molecule has 2 spiro atoms. The number of fused-ring (bicyclic) bond motifs is 26. The summed E-state index contributed by atoms with van der Waals surface area (Å²) in [6.07, 6.45) is 0. The summed E-state index contributed by atoms with van der Waals surface area (Å²) in [7, 11) is 0. The molecule has 2 heteroatoms. The fraction of sp³-hybridized carbons (Fsp3) is 0.0685. The van der Waals surface area contributed by atoms with Crippen LogP contribution in [0.1, 0.15) is 69.5 Å². The van der Waals surface area contributed by atoms with Gasteiger partial charge in [-0.25, -0.2) is 0 Å². The van der Waals surface area contributed by atoms with Crippen LogP contribution in [0, 0.1) is 0 Å². The van der Waals surface area contributed by atoms with E-state index in [9.17, 15) is 0 Å². The molecule has 0 atom stereocenters. The van der Waals surface area contributed by atoms with Gasteiger partial charge in [-0.3, -0.25) is 0 Å². The summed E-state index contributed by atoms with van der Waals surface area (Å²) in [5, 5.41) is 4.54. The first-order valence-corrected chi connectivity index (χ1v) is 26.4. The van der Waals surface area contributed by atoms with Gasteiger partial charge in [0.05, 0.1) is 16.5 Å². The predicted octanol–water partition coefficient (Wildman–Crippen LogP) is 18.6. The number of benzene rings is 12. The molecule has 0 radical (unpaired) electrons. The Morgan fingerprint density at radius 2 is 0.680 bits per heavy atom. The lowest BCUT2D eigenvalue weighted by molar-refractivity contribution is 0.447. The maximum absolute atomic E-state index is 7.40. The van der Waals surface area contributed by atoms with E-state index in [0.717, 1.165) is 61.2 Å².